The zero-order chi connectivity index (χ0) is 13.8. The van der Waals surface area contributed by atoms with Crippen LogP contribution in [0.25, 0.3) is 0 Å². The van der Waals surface area contributed by atoms with Crippen LogP contribution in [0.2, 0.25) is 0 Å². The van der Waals surface area contributed by atoms with Crippen LogP contribution < -0.4 is 5.32 Å². The fraction of sp³-hybridized carbons (Fsp3) is 1.00. The second-order valence-electron chi connectivity index (χ2n) is 8.31. The third kappa shape index (κ3) is 2.88. The zero-order valence-corrected chi connectivity index (χ0v) is 12.8. The molecule has 0 amide bonds. The summed E-state index contributed by atoms with van der Waals surface area (Å²) in [6.07, 6.45) is 1.67. The van der Waals surface area contributed by atoms with E-state index in [-0.39, 0.29) is 17.0 Å². The molecule has 1 N–H and O–H groups in total. The van der Waals surface area contributed by atoms with Gasteiger partial charge in [0.1, 0.15) is 5.67 Å². The van der Waals surface area contributed by atoms with Crippen LogP contribution in [0.1, 0.15) is 54.4 Å². The molecule has 1 saturated carbocycles. The molecule has 0 radical (unpaired) electrons. The monoisotopic (exact) mass is 256 g/mol. The minimum atomic E-state index is -0.962. The van der Waals surface area contributed by atoms with Gasteiger partial charge < -0.3 is 5.32 Å². The van der Waals surface area contributed by atoms with Crippen molar-refractivity contribution in [2.75, 3.05) is 13.1 Å². The summed E-state index contributed by atoms with van der Waals surface area (Å²) in [5.41, 5.74) is -0.782. The number of fused-ring (bicyclic) bond motifs is 1. The van der Waals surface area contributed by atoms with Gasteiger partial charge in [0.2, 0.25) is 0 Å². The highest BCUT2D eigenvalue weighted by Crippen LogP contribution is 2.46. The van der Waals surface area contributed by atoms with Gasteiger partial charge in [-0.1, -0.05) is 0 Å². The lowest BCUT2D eigenvalue weighted by molar-refractivity contribution is 0.109. The maximum Gasteiger partial charge on any atom is 0.129 e. The van der Waals surface area contributed by atoms with Gasteiger partial charge in [0.15, 0.2) is 0 Å². The molecule has 3 unspecified atom stereocenters. The van der Waals surface area contributed by atoms with E-state index in [1.807, 2.05) is 0 Å². The predicted molar refractivity (Wildman–Crippen MR) is 74.6 cm³/mol. The summed E-state index contributed by atoms with van der Waals surface area (Å²) >= 11 is 0. The van der Waals surface area contributed by atoms with Crippen LogP contribution in [-0.2, 0) is 0 Å². The molecule has 1 heterocycles. The van der Waals surface area contributed by atoms with Crippen LogP contribution in [-0.4, -0.2) is 40.8 Å². The summed E-state index contributed by atoms with van der Waals surface area (Å²) in [5.74, 6) is 0.219. The van der Waals surface area contributed by atoms with Crippen molar-refractivity contribution in [3.05, 3.63) is 0 Å². The van der Waals surface area contributed by atoms with E-state index in [0.29, 0.717) is 19.0 Å². The first kappa shape index (κ1) is 14.3. The van der Waals surface area contributed by atoms with Crippen LogP contribution in [0.15, 0.2) is 0 Å². The first-order valence-corrected chi connectivity index (χ1v) is 7.21. The molecule has 2 aliphatic rings. The Kier molecular flexibility index (Phi) is 3.31. The van der Waals surface area contributed by atoms with Crippen LogP contribution in [0.3, 0.4) is 0 Å². The number of halogens is 1. The van der Waals surface area contributed by atoms with Crippen molar-refractivity contribution in [1.82, 2.24) is 10.2 Å². The molecule has 18 heavy (non-hydrogen) atoms. The molecule has 0 aromatic rings. The number of alkyl halides is 1. The molecule has 1 saturated heterocycles. The maximum absolute atomic E-state index is 15.0. The minimum Gasteiger partial charge on any atom is -0.309 e. The van der Waals surface area contributed by atoms with Crippen molar-refractivity contribution in [2.45, 2.75) is 77.2 Å². The van der Waals surface area contributed by atoms with Gasteiger partial charge in [-0.05, 0) is 54.4 Å². The third-order valence-electron chi connectivity index (χ3n) is 4.37. The standard InChI is InChI=1S/C15H29FN2/c1-13(2,3)17-12-7-11-9-18(14(4,5)6)10-15(11,16)8-12/h11-12,17H,7-10H2,1-6H3. The lowest BCUT2D eigenvalue weighted by Gasteiger charge is -2.34. The second-order valence-corrected chi connectivity index (χ2v) is 8.31. The Bertz CT molecular complexity index is 315. The summed E-state index contributed by atoms with van der Waals surface area (Å²) in [7, 11) is 0. The van der Waals surface area contributed by atoms with Crippen LogP contribution in [0.4, 0.5) is 4.39 Å². The number of nitrogens with one attached hydrogen (secondary N) is 1. The Morgan fingerprint density at radius 1 is 1.17 bits per heavy atom. The van der Waals surface area contributed by atoms with E-state index in [1.165, 1.54) is 0 Å². The average molecular weight is 256 g/mol. The highest BCUT2D eigenvalue weighted by molar-refractivity contribution is 5.09. The van der Waals surface area contributed by atoms with Crippen molar-refractivity contribution in [1.29, 1.82) is 0 Å². The van der Waals surface area contributed by atoms with Gasteiger partial charge in [-0.15, -0.1) is 0 Å². The lowest BCUT2D eigenvalue weighted by Crippen LogP contribution is -2.46. The number of likely N-dealkylation sites (tertiary alicyclic amines) is 1. The summed E-state index contributed by atoms with van der Waals surface area (Å²) in [5, 5.41) is 3.57. The summed E-state index contributed by atoms with van der Waals surface area (Å²) in [6.45, 7) is 14.6. The van der Waals surface area contributed by atoms with Gasteiger partial charge >= 0.3 is 0 Å². The van der Waals surface area contributed by atoms with E-state index < -0.39 is 5.67 Å². The molecule has 2 fully saturated rings. The lowest BCUT2D eigenvalue weighted by atomic mass is 9.97. The smallest absolute Gasteiger partial charge is 0.129 e. The van der Waals surface area contributed by atoms with Gasteiger partial charge in [-0.2, -0.15) is 0 Å². The average Bonchev–Trinajstić information content (AvgIpc) is 2.50. The van der Waals surface area contributed by atoms with E-state index in [1.54, 1.807) is 0 Å². The highest BCUT2D eigenvalue weighted by atomic mass is 19.1. The van der Waals surface area contributed by atoms with Crippen molar-refractivity contribution in [2.24, 2.45) is 5.92 Å². The number of hydrogen-bond acceptors (Lipinski definition) is 2. The molecule has 3 atom stereocenters. The molecular formula is C15H29FN2. The van der Waals surface area contributed by atoms with E-state index in [2.05, 4.69) is 51.8 Å². The number of nitrogens with zero attached hydrogens (tertiary/aromatic N) is 1. The number of rotatable bonds is 1. The minimum absolute atomic E-state index is 0.0867. The summed E-state index contributed by atoms with van der Waals surface area (Å²) in [6, 6.07) is 0.349. The van der Waals surface area contributed by atoms with Crippen molar-refractivity contribution >= 4 is 0 Å². The Hall–Kier alpha value is -0.150. The van der Waals surface area contributed by atoms with Crippen molar-refractivity contribution < 1.29 is 4.39 Å². The highest BCUT2D eigenvalue weighted by Gasteiger charge is 2.55. The fourth-order valence-electron chi connectivity index (χ4n) is 3.53. The molecule has 1 aliphatic carbocycles. The van der Waals surface area contributed by atoms with Gasteiger partial charge in [0.05, 0.1) is 0 Å². The van der Waals surface area contributed by atoms with Crippen molar-refractivity contribution in [3.63, 3.8) is 0 Å². The summed E-state index contributed by atoms with van der Waals surface area (Å²) in [4.78, 5) is 2.31. The second kappa shape index (κ2) is 4.17. The van der Waals surface area contributed by atoms with Crippen LogP contribution >= 0.6 is 0 Å². The van der Waals surface area contributed by atoms with E-state index in [4.69, 9.17) is 0 Å². The topological polar surface area (TPSA) is 15.3 Å². The zero-order valence-electron chi connectivity index (χ0n) is 12.8. The Labute approximate surface area is 111 Å². The molecule has 2 nitrogen and oxygen atoms in total. The Morgan fingerprint density at radius 2 is 1.78 bits per heavy atom. The van der Waals surface area contributed by atoms with E-state index >= 15 is 4.39 Å². The molecule has 0 bridgehead atoms. The third-order valence-corrected chi connectivity index (χ3v) is 4.37. The summed E-state index contributed by atoms with van der Waals surface area (Å²) < 4.78 is 15.0. The van der Waals surface area contributed by atoms with Gasteiger partial charge in [-0.25, -0.2) is 4.39 Å². The largest absolute Gasteiger partial charge is 0.309 e. The predicted octanol–water partition coefficient (Wildman–Crippen LogP) is 2.98. The first-order valence-electron chi connectivity index (χ1n) is 7.21. The first-order chi connectivity index (χ1) is 8.00. The Balaban J connectivity index is 1.99. The molecule has 2 rings (SSSR count). The van der Waals surface area contributed by atoms with Crippen LogP contribution in [0.5, 0.6) is 0 Å². The molecule has 0 aromatic heterocycles. The van der Waals surface area contributed by atoms with E-state index in [9.17, 15) is 0 Å². The molecule has 1 aliphatic heterocycles. The normalized spacial score (nSPS) is 38.2. The van der Waals surface area contributed by atoms with Gasteiger partial charge in [0.25, 0.3) is 0 Å². The fourth-order valence-corrected chi connectivity index (χ4v) is 3.53. The molecule has 0 spiro atoms. The molecular weight excluding hydrogens is 227 g/mol. The van der Waals surface area contributed by atoms with Gasteiger partial charge in [-0.3, -0.25) is 4.90 Å². The van der Waals surface area contributed by atoms with E-state index in [0.717, 1.165) is 13.0 Å². The van der Waals surface area contributed by atoms with Gasteiger partial charge in [0, 0.05) is 36.1 Å². The quantitative estimate of drug-likeness (QED) is 0.776. The Morgan fingerprint density at radius 3 is 2.22 bits per heavy atom. The maximum atomic E-state index is 15.0. The van der Waals surface area contributed by atoms with Crippen LogP contribution in [0, 0.1) is 5.92 Å². The van der Waals surface area contributed by atoms with Crippen molar-refractivity contribution in [3.8, 4) is 0 Å². The number of hydrogen-bond donors (Lipinski definition) is 1. The molecule has 3 heteroatoms. The molecule has 106 valence electrons. The SMILES string of the molecule is CC(C)(C)NC1CC2CN(C(C)(C)C)CC2(F)C1. The molecule has 0 aromatic carbocycles.